The predicted molar refractivity (Wildman–Crippen MR) is 71.5 cm³/mol. The molecule has 1 aromatic carbocycles. The number of morpholine rings is 1. The van der Waals surface area contributed by atoms with Crippen LogP contribution in [-0.4, -0.2) is 36.2 Å². The molecule has 2 aromatic rings. The number of aryl methyl sites for hydroxylation is 1. The molecule has 0 amide bonds. The van der Waals surface area contributed by atoms with Crippen molar-refractivity contribution >= 4 is 10.9 Å². The SMILES string of the molecule is Cc1c2ccccc2nc(CN2CCOCC2)[n+]1[O-]. The second kappa shape index (κ2) is 5.11. The predicted octanol–water partition coefficient (Wildman–Crippen LogP) is 1.01. The third-order valence-corrected chi connectivity index (χ3v) is 3.55. The lowest BCUT2D eigenvalue weighted by Crippen LogP contribution is -2.43. The molecule has 1 aliphatic heterocycles. The highest BCUT2D eigenvalue weighted by atomic mass is 16.5. The Morgan fingerprint density at radius 1 is 1.32 bits per heavy atom. The first-order chi connectivity index (χ1) is 9.25. The van der Waals surface area contributed by atoms with Crippen LogP contribution < -0.4 is 4.73 Å². The van der Waals surface area contributed by atoms with Gasteiger partial charge in [-0.05, 0) is 24.0 Å². The minimum atomic E-state index is 0.568. The zero-order valence-electron chi connectivity index (χ0n) is 11.0. The van der Waals surface area contributed by atoms with Crippen LogP contribution in [0.25, 0.3) is 10.9 Å². The summed E-state index contributed by atoms with van der Waals surface area (Å²) >= 11 is 0. The second-order valence-electron chi connectivity index (χ2n) is 4.81. The summed E-state index contributed by atoms with van der Waals surface area (Å²) in [5.41, 5.74) is 1.60. The Morgan fingerprint density at radius 2 is 2.05 bits per heavy atom. The lowest BCUT2D eigenvalue weighted by Gasteiger charge is -2.25. The molecule has 1 saturated heterocycles. The fourth-order valence-corrected chi connectivity index (χ4v) is 2.42. The standard InChI is InChI=1S/C14H17N3O2/c1-11-12-4-2-3-5-13(12)15-14(17(11)18)10-16-6-8-19-9-7-16/h2-5H,6-10H2,1H3. The summed E-state index contributed by atoms with van der Waals surface area (Å²) < 4.78 is 6.27. The molecule has 0 aliphatic carbocycles. The average molecular weight is 259 g/mol. The average Bonchev–Trinajstić information content (AvgIpc) is 2.46. The Labute approximate surface area is 112 Å². The highest BCUT2D eigenvalue weighted by molar-refractivity contribution is 5.79. The highest BCUT2D eigenvalue weighted by Gasteiger charge is 2.20. The Kier molecular flexibility index (Phi) is 3.31. The molecule has 3 rings (SSSR count). The summed E-state index contributed by atoms with van der Waals surface area (Å²) in [6.45, 7) is 5.59. The van der Waals surface area contributed by atoms with E-state index >= 15 is 0 Å². The molecule has 0 bridgehead atoms. The number of aromatic nitrogens is 2. The van der Waals surface area contributed by atoms with E-state index in [1.54, 1.807) is 0 Å². The Balaban J connectivity index is 1.96. The van der Waals surface area contributed by atoms with Crippen LogP contribution >= 0.6 is 0 Å². The van der Waals surface area contributed by atoms with E-state index in [0.717, 1.165) is 41.9 Å². The minimum Gasteiger partial charge on any atom is -0.710 e. The van der Waals surface area contributed by atoms with Gasteiger partial charge in [-0.15, -0.1) is 0 Å². The molecule has 0 unspecified atom stereocenters. The van der Waals surface area contributed by atoms with E-state index in [4.69, 9.17) is 4.74 Å². The van der Waals surface area contributed by atoms with E-state index in [2.05, 4.69) is 9.88 Å². The molecule has 19 heavy (non-hydrogen) atoms. The van der Waals surface area contributed by atoms with Gasteiger partial charge in [0.2, 0.25) is 0 Å². The summed E-state index contributed by atoms with van der Waals surface area (Å²) in [7, 11) is 0. The Bertz CT molecular complexity index is 595. The van der Waals surface area contributed by atoms with E-state index < -0.39 is 0 Å². The molecule has 2 heterocycles. The van der Waals surface area contributed by atoms with E-state index in [1.807, 2.05) is 31.2 Å². The van der Waals surface area contributed by atoms with Crippen LogP contribution in [0.2, 0.25) is 0 Å². The van der Waals surface area contributed by atoms with Crippen molar-refractivity contribution in [1.82, 2.24) is 9.88 Å². The monoisotopic (exact) mass is 259 g/mol. The van der Waals surface area contributed by atoms with Gasteiger partial charge < -0.3 is 9.94 Å². The maximum Gasteiger partial charge on any atom is 0.316 e. The van der Waals surface area contributed by atoms with E-state index in [-0.39, 0.29) is 0 Å². The van der Waals surface area contributed by atoms with Crippen LogP contribution in [0.3, 0.4) is 0 Å². The molecule has 0 radical (unpaired) electrons. The topological polar surface area (TPSA) is 52.3 Å². The summed E-state index contributed by atoms with van der Waals surface area (Å²) in [5.74, 6) is 0.568. The van der Waals surface area contributed by atoms with Gasteiger partial charge in [0.1, 0.15) is 12.2 Å². The molecule has 5 heteroatoms. The van der Waals surface area contributed by atoms with Crippen LogP contribution in [0.5, 0.6) is 0 Å². The van der Waals surface area contributed by atoms with Gasteiger partial charge in [-0.3, -0.25) is 4.90 Å². The van der Waals surface area contributed by atoms with Gasteiger partial charge in [-0.2, -0.15) is 0 Å². The fraction of sp³-hybridized carbons (Fsp3) is 0.429. The van der Waals surface area contributed by atoms with Crippen LogP contribution in [0, 0.1) is 12.1 Å². The number of rotatable bonds is 2. The first kappa shape index (κ1) is 12.3. The molecule has 1 fully saturated rings. The first-order valence-electron chi connectivity index (χ1n) is 6.53. The number of hydrogen-bond donors (Lipinski definition) is 0. The zero-order chi connectivity index (χ0) is 13.2. The third kappa shape index (κ3) is 2.39. The van der Waals surface area contributed by atoms with Gasteiger partial charge >= 0.3 is 5.82 Å². The lowest BCUT2D eigenvalue weighted by molar-refractivity contribution is -0.624. The zero-order valence-corrected chi connectivity index (χ0v) is 11.0. The molecule has 5 nitrogen and oxygen atoms in total. The van der Waals surface area contributed by atoms with E-state index in [0.29, 0.717) is 18.1 Å². The summed E-state index contributed by atoms with van der Waals surface area (Å²) in [5, 5.41) is 13.2. The number of hydrogen-bond acceptors (Lipinski definition) is 4. The van der Waals surface area contributed by atoms with E-state index in [9.17, 15) is 5.21 Å². The molecule has 1 aliphatic rings. The highest BCUT2D eigenvalue weighted by Crippen LogP contribution is 2.14. The molecule has 100 valence electrons. The maximum atomic E-state index is 12.3. The molecule has 0 atom stereocenters. The number of nitrogens with zero attached hydrogens (tertiary/aromatic N) is 3. The smallest absolute Gasteiger partial charge is 0.316 e. The van der Waals surface area contributed by atoms with Crippen molar-refractivity contribution in [3.63, 3.8) is 0 Å². The van der Waals surface area contributed by atoms with Crippen LogP contribution in [0.4, 0.5) is 0 Å². The van der Waals surface area contributed by atoms with Crippen molar-refractivity contribution in [2.24, 2.45) is 0 Å². The van der Waals surface area contributed by atoms with Crippen molar-refractivity contribution in [1.29, 1.82) is 0 Å². The van der Waals surface area contributed by atoms with Gasteiger partial charge in [0.15, 0.2) is 5.52 Å². The van der Waals surface area contributed by atoms with Crippen LogP contribution in [0.1, 0.15) is 11.5 Å². The normalized spacial score (nSPS) is 16.9. The number of benzene rings is 1. The quantitative estimate of drug-likeness (QED) is 0.596. The minimum absolute atomic E-state index is 0.568. The number of fused-ring (bicyclic) bond motifs is 1. The van der Waals surface area contributed by atoms with E-state index in [1.165, 1.54) is 0 Å². The van der Waals surface area contributed by atoms with Crippen LogP contribution in [-0.2, 0) is 11.3 Å². The second-order valence-corrected chi connectivity index (χ2v) is 4.81. The Hall–Kier alpha value is -1.72. The largest absolute Gasteiger partial charge is 0.710 e. The van der Waals surface area contributed by atoms with Crippen molar-refractivity contribution in [3.05, 3.63) is 41.0 Å². The molecule has 0 N–H and O–H groups in total. The summed E-state index contributed by atoms with van der Waals surface area (Å²) in [6, 6.07) is 7.76. The summed E-state index contributed by atoms with van der Waals surface area (Å²) in [4.78, 5) is 6.70. The third-order valence-electron chi connectivity index (χ3n) is 3.55. The van der Waals surface area contributed by atoms with Crippen molar-refractivity contribution in [2.45, 2.75) is 13.5 Å². The van der Waals surface area contributed by atoms with Crippen LogP contribution in [0.15, 0.2) is 24.3 Å². The molecular formula is C14H17N3O2. The van der Waals surface area contributed by atoms with Crippen molar-refractivity contribution in [2.75, 3.05) is 26.3 Å². The number of ether oxygens (including phenoxy) is 1. The maximum absolute atomic E-state index is 12.3. The van der Waals surface area contributed by atoms with Gasteiger partial charge in [0.25, 0.3) is 0 Å². The van der Waals surface area contributed by atoms with Gasteiger partial charge in [0.05, 0.1) is 18.6 Å². The fourth-order valence-electron chi connectivity index (χ4n) is 2.42. The molecule has 0 spiro atoms. The summed E-state index contributed by atoms with van der Waals surface area (Å²) in [6.07, 6.45) is 0. The lowest BCUT2D eigenvalue weighted by atomic mass is 10.2. The number of para-hydroxylation sites is 1. The molecule has 1 aromatic heterocycles. The van der Waals surface area contributed by atoms with Gasteiger partial charge in [0, 0.05) is 13.1 Å². The van der Waals surface area contributed by atoms with Gasteiger partial charge in [-0.1, -0.05) is 12.1 Å². The molecular weight excluding hydrogens is 242 g/mol. The van der Waals surface area contributed by atoms with Gasteiger partial charge in [-0.25, -0.2) is 4.73 Å². The Morgan fingerprint density at radius 3 is 2.84 bits per heavy atom. The first-order valence-corrected chi connectivity index (χ1v) is 6.53. The van der Waals surface area contributed by atoms with Crippen molar-refractivity contribution in [3.8, 4) is 0 Å². The van der Waals surface area contributed by atoms with Crippen molar-refractivity contribution < 1.29 is 9.47 Å². The molecule has 0 saturated carbocycles.